The Hall–Kier alpha value is -3.05. The number of para-hydroxylation sites is 1. The Kier molecular flexibility index (Phi) is 2.78. The lowest BCUT2D eigenvalue weighted by Crippen LogP contribution is -1.95. The molecule has 3 aromatic heterocycles. The van der Waals surface area contributed by atoms with E-state index in [1.165, 1.54) is 0 Å². The minimum absolute atomic E-state index is 0.242. The van der Waals surface area contributed by atoms with E-state index in [-0.39, 0.29) is 5.15 Å². The predicted octanol–water partition coefficient (Wildman–Crippen LogP) is 4.64. The molecule has 5 nitrogen and oxygen atoms in total. The molecule has 0 aliphatic heterocycles. The molecular formula is C18H9ClN4O. The van der Waals surface area contributed by atoms with Gasteiger partial charge in [-0.25, -0.2) is 4.98 Å². The number of halogens is 1. The minimum atomic E-state index is 0.242. The summed E-state index contributed by atoms with van der Waals surface area (Å²) in [6, 6.07) is 13.9. The highest BCUT2D eigenvalue weighted by Crippen LogP contribution is 2.33. The van der Waals surface area contributed by atoms with Gasteiger partial charge in [-0.05, 0) is 18.2 Å². The van der Waals surface area contributed by atoms with Crippen molar-refractivity contribution >= 4 is 44.6 Å². The Morgan fingerprint density at radius 3 is 2.50 bits per heavy atom. The van der Waals surface area contributed by atoms with Crippen LogP contribution in [0.15, 0.2) is 59.3 Å². The molecule has 2 aromatic carbocycles. The van der Waals surface area contributed by atoms with Gasteiger partial charge in [-0.1, -0.05) is 35.9 Å². The van der Waals surface area contributed by atoms with Gasteiger partial charge in [0.15, 0.2) is 5.15 Å². The normalized spacial score (nSPS) is 11.5. The Labute approximate surface area is 140 Å². The molecule has 3 heterocycles. The number of fused-ring (bicyclic) bond motifs is 4. The molecule has 0 saturated carbocycles. The molecule has 0 amide bonds. The Bertz CT molecular complexity index is 1230. The monoisotopic (exact) mass is 332 g/mol. The maximum Gasteiger partial charge on any atom is 0.179 e. The summed E-state index contributed by atoms with van der Waals surface area (Å²) in [5.74, 6) is 0. The molecule has 0 bridgehead atoms. The van der Waals surface area contributed by atoms with Gasteiger partial charge in [-0.15, -0.1) is 10.2 Å². The second-order valence-corrected chi connectivity index (χ2v) is 5.76. The van der Waals surface area contributed by atoms with Crippen molar-refractivity contribution in [3.8, 4) is 11.3 Å². The van der Waals surface area contributed by atoms with E-state index in [2.05, 4.69) is 20.2 Å². The van der Waals surface area contributed by atoms with E-state index in [9.17, 15) is 0 Å². The summed E-state index contributed by atoms with van der Waals surface area (Å²) in [4.78, 5) is 8.60. The molecule has 0 aliphatic rings. The fourth-order valence-electron chi connectivity index (χ4n) is 2.92. The number of furan rings is 1. The van der Waals surface area contributed by atoms with Crippen LogP contribution in [0.2, 0.25) is 5.15 Å². The highest BCUT2D eigenvalue weighted by Gasteiger charge is 2.14. The van der Waals surface area contributed by atoms with Crippen LogP contribution in [0, 0.1) is 0 Å². The number of nitrogens with zero attached hydrogens (tertiary/aromatic N) is 4. The second kappa shape index (κ2) is 4.97. The van der Waals surface area contributed by atoms with Crippen LogP contribution in [0.25, 0.3) is 44.2 Å². The van der Waals surface area contributed by atoms with Gasteiger partial charge >= 0.3 is 0 Å². The van der Waals surface area contributed by atoms with E-state index in [1.807, 2.05) is 42.5 Å². The molecule has 0 radical (unpaired) electrons. The summed E-state index contributed by atoms with van der Waals surface area (Å²) < 4.78 is 5.94. The van der Waals surface area contributed by atoms with Crippen molar-refractivity contribution < 1.29 is 4.42 Å². The average molecular weight is 333 g/mol. The van der Waals surface area contributed by atoms with Crippen molar-refractivity contribution in [2.45, 2.75) is 0 Å². The summed E-state index contributed by atoms with van der Waals surface area (Å²) in [5, 5.41) is 10.6. The van der Waals surface area contributed by atoms with Crippen molar-refractivity contribution in [1.82, 2.24) is 20.2 Å². The van der Waals surface area contributed by atoms with Gasteiger partial charge in [0.25, 0.3) is 0 Å². The van der Waals surface area contributed by atoms with Crippen LogP contribution in [-0.4, -0.2) is 20.2 Å². The van der Waals surface area contributed by atoms with Crippen LogP contribution in [0.3, 0.4) is 0 Å². The summed E-state index contributed by atoms with van der Waals surface area (Å²) >= 11 is 6.07. The maximum absolute atomic E-state index is 6.07. The Balaban J connectivity index is 1.81. The van der Waals surface area contributed by atoms with Crippen molar-refractivity contribution in [3.05, 3.63) is 60.0 Å². The van der Waals surface area contributed by atoms with Gasteiger partial charge in [0.05, 0.1) is 0 Å². The van der Waals surface area contributed by atoms with Crippen LogP contribution < -0.4 is 0 Å². The standard InChI is InChI=1S/C18H9ClN4O/c19-18-17-16(20-7-8-21-17)15(22-23-18)10-5-6-12-11-3-1-2-4-13(11)24-14(12)9-10/h1-9H. The number of aromatic nitrogens is 4. The van der Waals surface area contributed by atoms with Crippen LogP contribution in [0.4, 0.5) is 0 Å². The minimum Gasteiger partial charge on any atom is -0.456 e. The summed E-state index contributed by atoms with van der Waals surface area (Å²) in [5.41, 5.74) is 4.29. The zero-order chi connectivity index (χ0) is 16.1. The van der Waals surface area contributed by atoms with E-state index in [1.54, 1.807) is 12.4 Å². The topological polar surface area (TPSA) is 64.7 Å². The van der Waals surface area contributed by atoms with Gasteiger partial charge in [0.1, 0.15) is 27.9 Å². The molecule has 0 fully saturated rings. The number of benzene rings is 2. The first kappa shape index (κ1) is 13.4. The summed E-state index contributed by atoms with van der Waals surface area (Å²) in [6.07, 6.45) is 3.20. The smallest absolute Gasteiger partial charge is 0.179 e. The van der Waals surface area contributed by atoms with Crippen LogP contribution >= 0.6 is 11.6 Å². The fourth-order valence-corrected chi connectivity index (χ4v) is 3.09. The maximum atomic E-state index is 6.07. The zero-order valence-electron chi connectivity index (χ0n) is 12.3. The molecule has 0 spiro atoms. The first-order valence-corrected chi connectivity index (χ1v) is 7.73. The number of rotatable bonds is 1. The fraction of sp³-hybridized carbons (Fsp3) is 0. The van der Waals surface area contributed by atoms with Crippen LogP contribution in [0.5, 0.6) is 0 Å². The van der Waals surface area contributed by atoms with E-state index >= 15 is 0 Å². The zero-order valence-corrected chi connectivity index (χ0v) is 13.0. The van der Waals surface area contributed by atoms with E-state index in [0.29, 0.717) is 16.7 Å². The molecule has 0 unspecified atom stereocenters. The van der Waals surface area contributed by atoms with E-state index in [0.717, 1.165) is 27.5 Å². The second-order valence-electron chi connectivity index (χ2n) is 5.40. The molecule has 0 aliphatic carbocycles. The average Bonchev–Trinajstić information content (AvgIpc) is 3.00. The predicted molar refractivity (Wildman–Crippen MR) is 92.9 cm³/mol. The van der Waals surface area contributed by atoms with Gasteiger partial charge in [-0.3, -0.25) is 4.98 Å². The van der Waals surface area contributed by atoms with Crippen LogP contribution in [0.1, 0.15) is 0 Å². The van der Waals surface area contributed by atoms with Crippen LogP contribution in [-0.2, 0) is 0 Å². The molecule has 0 saturated heterocycles. The van der Waals surface area contributed by atoms with E-state index < -0.39 is 0 Å². The largest absolute Gasteiger partial charge is 0.456 e. The van der Waals surface area contributed by atoms with Gasteiger partial charge < -0.3 is 4.42 Å². The highest BCUT2D eigenvalue weighted by atomic mass is 35.5. The summed E-state index contributed by atoms with van der Waals surface area (Å²) in [7, 11) is 0. The molecule has 0 N–H and O–H groups in total. The Morgan fingerprint density at radius 2 is 1.58 bits per heavy atom. The Morgan fingerprint density at radius 1 is 0.792 bits per heavy atom. The third-order valence-corrected chi connectivity index (χ3v) is 4.26. The van der Waals surface area contributed by atoms with Crippen molar-refractivity contribution in [3.63, 3.8) is 0 Å². The van der Waals surface area contributed by atoms with Crippen molar-refractivity contribution in [2.75, 3.05) is 0 Å². The van der Waals surface area contributed by atoms with Gasteiger partial charge in [0, 0.05) is 28.7 Å². The van der Waals surface area contributed by atoms with Gasteiger partial charge in [-0.2, -0.15) is 0 Å². The third-order valence-electron chi connectivity index (χ3n) is 4.01. The highest BCUT2D eigenvalue weighted by molar-refractivity contribution is 6.33. The molecule has 5 rings (SSSR count). The third kappa shape index (κ3) is 1.88. The first-order chi connectivity index (χ1) is 11.8. The first-order valence-electron chi connectivity index (χ1n) is 7.36. The molecule has 0 atom stereocenters. The molecule has 6 heteroatoms. The van der Waals surface area contributed by atoms with Crippen molar-refractivity contribution in [2.24, 2.45) is 0 Å². The molecular weight excluding hydrogens is 324 g/mol. The molecule has 114 valence electrons. The lowest BCUT2D eigenvalue weighted by atomic mass is 10.1. The number of hydrogen-bond donors (Lipinski definition) is 0. The number of hydrogen-bond acceptors (Lipinski definition) is 5. The van der Waals surface area contributed by atoms with Gasteiger partial charge in [0.2, 0.25) is 0 Å². The lowest BCUT2D eigenvalue weighted by molar-refractivity contribution is 0.669. The van der Waals surface area contributed by atoms with Crippen molar-refractivity contribution in [1.29, 1.82) is 0 Å². The SMILES string of the molecule is Clc1nnc(-c2ccc3c(c2)oc2ccccc23)c2nccnc12. The quantitative estimate of drug-likeness (QED) is 0.447. The summed E-state index contributed by atoms with van der Waals surface area (Å²) in [6.45, 7) is 0. The lowest BCUT2D eigenvalue weighted by Gasteiger charge is -2.04. The molecule has 5 aromatic rings. The molecule has 24 heavy (non-hydrogen) atoms. The van der Waals surface area contributed by atoms with E-state index in [4.69, 9.17) is 16.0 Å².